The summed E-state index contributed by atoms with van der Waals surface area (Å²) in [6.45, 7) is 7.08. The van der Waals surface area contributed by atoms with Gasteiger partial charge in [0.1, 0.15) is 11.3 Å². The molecule has 1 N–H and O–H groups in total. The number of carbonyl (C=O) groups is 1. The van der Waals surface area contributed by atoms with Crippen molar-refractivity contribution in [3.8, 4) is 0 Å². The van der Waals surface area contributed by atoms with E-state index in [-0.39, 0.29) is 29.4 Å². The van der Waals surface area contributed by atoms with Crippen molar-refractivity contribution in [2.24, 2.45) is 0 Å². The molecule has 0 radical (unpaired) electrons. The number of nitrogens with one attached hydrogen (secondary N) is 1. The van der Waals surface area contributed by atoms with Gasteiger partial charge in [0.25, 0.3) is 5.69 Å². The monoisotopic (exact) mass is 458 g/mol. The van der Waals surface area contributed by atoms with Gasteiger partial charge in [0.2, 0.25) is 10.0 Å². The Morgan fingerprint density at radius 3 is 2.55 bits per heavy atom. The number of rotatable bonds is 8. The number of nitro groups is 1. The maximum Gasteiger partial charge on any atom is 0.410 e. The smallest absolute Gasteiger partial charge is 0.410 e. The van der Waals surface area contributed by atoms with Crippen LogP contribution in [-0.4, -0.2) is 80.7 Å². The van der Waals surface area contributed by atoms with Crippen LogP contribution in [0.2, 0.25) is 0 Å². The largest absolute Gasteiger partial charge is 0.444 e. The number of benzene rings is 1. The highest BCUT2D eigenvalue weighted by molar-refractivity contribution is 7.89. The second kappa shape index (κ2) is 10.2. The lowest BCUT2D eigenvalue weighted by Crippen LogP contribution is -2.40. The summed E-state index contributed by atoms with van der Waals surface area (Å²) in [4.78, 5) is 24.1. The Hall–Kier alpha value is -2.44. The third-order valence-electron chi connectivity index (χ3n) is 4.46. The number of carbonyl (C=O) groups excluding carboxylic acids is 1. The van der Waals surface area contributed by atoms with Crippen LogP contribution in [0.25, 0.3) is 0 Å². The Kier molecular flexibility index (Phi) is 8.21. The number of anilines is 1. The molecule has 11 nitrogen and oxygen atoms in total. The molecule has 2 rings (SSSR count). The molecule has 0 aliphatic carbocycles. The van der Waals surface area contributed by atoms with E-state index in [4.69, 9.17) is 9.47 Å². The van der Waals surface area contributed by atoms with Gasteiger partial charge in [-0.1, -0.05) is 0 Å². The molecule has 1 aliphatic rings. The molecule has 31 heavy (non-hydrogen) atoms. The predicted molar refractivity (Wildman–Crippen MR) is 115 cm³/mol. The van der Waals surface area contributed by atoms with Gasteiger partial charge in [-0.2, -0.15) is 4.31 Å². The normalized spacial score (nSPS) is 15.4. The van der Waals surface area contributed by atoms with E-state index in [0.717, 1.165) is 6.07 Å². The van der Waals surface area contributed by atoms with E-state index in [1.165, 1.54) is 21.3 Å². The highest BCUT2D eigenvalue weighted by Crippen LogP contribution is 2.29. The SMILES string of the molecule is CN(CCCNc1ccc(S(=O)(=O)N2CCOCC2)cc1[N+](=O)[O-])C(=O)OC(C)(C)C. The number of morpholine rings is 1. The minimum absolute atomic E-state index is 0.128. The van der Waals surface area contributed by atoms with Gasteiger partial charge in [0.15, 0.2) is 0 Å². The Bertz CT molecular complexity index is 893. The first kappa shape index (κ1) is 24.8. The molecule has 1 heterocycles. The third-order valence-corrected chi connectivity index (χ3v) is 6.36. The lowest BCUT2D eigenvalue weighted by Gasteiger charge is -2.26. The van der Waals surface area contributed by atoms with Crippen LogP contribution in [0.4, 0.5) is 16.2 Å². The number of nitro benzene ring substituents is 1. The molecule has 1 fully saturated rings. The lowest BCUT2D eigenvalue weighted by molar-refractivity contribution is -0.384. The zero-order chi connectivity index (χ0) is 23.2. The number of amides is 1. The molecular formula is C19H30N4O7S. The molecule has 0 atom stereocenters. The van der Waals surface area contributed by atoms with Crippen molar-refractivity contribution in [2.45, 2.75) is 37.7 Å². The van der Waals surface area contributed by atoms with Gasteiger partial charge in [-0.05, 0) is 39.3 Å². The highest BCUT2D eigenvalue weighted by atomic mass is 32.2. The summed E-state index contributed by atoms with van der Waals surface area (Å²) in [5, 5.41) is 14.5. The van der Waals surface area contributed by atoms with Crippen LogP contribution in [0, 0.1) is 10.1 Å². The van der Waals surface area contributed by atoms with Crippen molar-refractivity contribution in [1.29, 1.82) is 0 Å². The first-order chi connectivity index (χ1) is 14.4. The van der Waals surface area contributed by atoms with Crippen LogP contribution >= 0.6 is 0 Å². The number of nitrogens with zero attached hydrogens (tertiary/aromatic N) is 3. The van der Waals surface area contributed by atoms with Crippen LogP contribution < -0.4 is 5.32 Å². The van der Waals surface area contributed by atoms with Crippen molar-refractivity contribution in [3.63, 3.8) is 0 Å². The quantitative estimate of drug-likeness (QED) is 0.357. The van der Waals surface area contributed by atoms with Crippen LogP contribution in [-0.2, 0) is 19.5 Å². The molecule has 1 aliphatic heterocycles. The van der Waals surface area contributed by atoms with Crippen molar-refractivity contribution in [2.75, 3.05) is 51.8 Å². The van der Waals surface area contributed by atoms with Gasteiger partial charge in [-0.15, -0.1) is 0 Å². The first-order valence-electron chi connectivity index (χ1n) is 9.96. The third kappa shape index (κ3) is 7.04. The Balaban J connectivity index is 2.00. The standard InChI is InChI=1S/C19H30N4O7S/c1-19(2,3)30-18(24)21(4)9-5-8-20-16-7-6-15(14-17(16)23(25)26)31(27,28)22-10-12-29-13-11-22/h6-7,14,20H,5,8-13H2,1-4H3. The van der Waals surface area contributed by atoms with E-state index in [2.05, 4.69) is 5.32 Å². The zero-order valence-electron chi connectivity index (χ0n) is 18.3. The van der Waals surface area contributed by atoms with Gasteiger partial charge in [-0.3, -0.25) is 10.1 Å². The summed E-state index contributed by atoms with van der Waals surface area (Å²) in [6, 6.07) is 3.82. The summed E-state index contributed by atoms with van der Waals surface area (Å²) >= 11 is 0. The van der Waals surface area contributed by atoms with Crippen molar-refractivity contribution in [3.05, 3.63) is 28.3 Å². The van der Waals surface area contributed by atoms with E-state index >= 15 is 0 Å². The van der Waals surface area contributed by atoms with Gasteiger partial charge < -0.3 is 19.7 Å². The van der Waals surface area contributed by atoms with Crippen molar-refractivity contribution in [1.82, 2.24) is 9.21 Å². The van der Waals surface area contributed by atoms with Gasteiger partial charge >= 0.3 is 6.09 Å². The summed E-state index contributed by atoms with van der Waals surface area (Å²) < 4.78 is 37.2. The van der Waals surface area contributed by atoms with Crippen LogP contribution in [0.5, 0.6) is 0 Å². The second-order valence-electron chi connectivity index (χ2n) is 8.13. The van der Waals surface area contributed by atoms with E-state index in [1.807, 2.05) is 0 Å². The molecule has 0 aromatic heterocycles. The van der Waals surface area contributed by atoms with Gasteiger partial charge in [-0.25, -0.2) is 13.2 Å². The second-order valence-corrected chi connectivity index (χ2v) is 10.1. The Morgan fingerprint density at radius 2 is 1.97 bits per heavy atom. The van der Waals surface area contributed by atoms with Crippen LogP contribution in [0.3, 0.4) is 0 Å². The molecular weight excluding hydrogens is 428 g/mol. The van der Waals surface area contributed by atoms with E-state index in [9.17, 15) is 23.3 Å². The average Bonchev–Trinajstić information content (AvgIpc) is 2.70. The Morgan fingerprint density at radius 1 is 1.32 bits per heavy atom. The Labute approximate surface area is 182 Å². The minimum Gasteiger partial charge on any atom is -0.444 e. The highest BCUT2D eigenvalue weighted by Gasteiger charge is 2.29. The summed E-state index contributed by atoms with van der Waals surface area (Å²) in [5.41, 5.74) is -0.700. The molecule has 1 amide bonds. The van der Waals surface area contributed by atoms with Crippen molar-refractivity contribution >= 4 is 27.5 Å². The maximum atomic E-state index is 12.7. The predicted octanol–water partition coefficient (Wildman–Crippen LogP) is 2.28. The van der Waals surface area contributed by atoms with Gasteiger partial charge in [0.05, 0.1) is 23.0 Å². The molecule has 174 valence electrons. The topological polar surface area (TPSA) is 131 Å². The average molecular weight is 459 g/mol. The summed E-state index contributed by atoms with van der Waals surface area (Å²) in [5.74, 6) is 0. The molecule has 0 bridgehead atoms. The molecule has 1 aromatic carbocycles. The summed E-state index contributed by atoms with van der Waals surface area (Å²) in [7, 11) is -2.22. The number of hydrogen-bond donors (Lipinski definition) is 1. The molecule has 1 aromatic rings. The van der Waals surface area contributed by atoms with Crippen LogP contribution in [0.15, 0.2) is 23.1 Å². The maximum absolute atomic E-state index is 12.7. The number of sulfonamides is 1. The molecule has 0 spiro atoms. The van der Waals surface area contributed by atoms with Crippen LogP contribution in [0.1, 0.15) is 27.2 Å². The first-order valence-corrected chi connectivity index (χ1v) is 11.4. The molecule has 0 saturated carbocycles. The minimum atomic E-state index is -3.83. The fourth-order valence-electron chi connectivity index (χ4n) is 2.88. The fourth-order valence-corrected chi connectivity index (χ4v) is 4.31. The molecule has 1 saturated heterocycles. The van der Waals surface area contributed by atoms with E-state index in [1.54, 1.807) is 27.8 Å². The zero-order valence-corrected chi connectivity index (χ0v) is 19.1. The number of hydrogen-bond acceptors (Lipinski definition) is 8. The molecule has 12 heteroatoms. The van der Waals surface area contributed by atoms with Gasteiger partial charge in [0, 0.05) is 39.3 Å². The lowest BCUT2D eigenvalue weighted by atomic mass is 10.2. The van der Waals surface area contributed by atoms with E-state index < -0.39 is 26.6 Å². The number of ether oxygens (including phenoxy) is 2. The molecule has 0 unspecified atom stereocenters. The fraction of sp³-hybridized carbons (Fsp3) is 0.632. The summed E-state index contributed by atoms with van der Waals surface area (Å²) in [6.07, 6.45) is 0.0666. The van der Waals surface area contributed by atoms with E-state index in [0.29, 0.717) is 32.7 Å². The van der Waals surface area contributed by atoms with Crippen molar-refractivity contribution < 1.29 is 27.6 Å².